The van der Waals surface area contributed by atoms with Gasteiger partial charge in [-0.05, 0) is 0 Å². The van der Waals surface area contributed by atoms with Crippen LogP contribution in [-0.4, -0.2) is 24.9 Å². The Bertz CT molecular complexity index is 576. The van der Waals surface area contributed by atoms with E-state index in [0.29, 0.717) is 4.90 Å². The number of hydrogen-bond acceptors (Lipinski definition) is 2. The highest BCUT2D eigenvalue weighted by molar-refractivity contribution is 5.99. The van der Waals surface area contributed by atoms with E-state index in [4.69, 9.17) is 0 Å². The van der Waals surface area contributed by atoms with Crippen LogP contribution in [-0.2, 0) is 9.59 Å². The van der Waals surface area contributed by atoms with Crippen molar-refractivity contribution in [1.82, 2.24) is 5.32 Å². The maximum atomic E-state index is 13.6. The summed E-state index contributed by atoms with van der Waals surface area (Å²) < 4.78 is 66.2. The molecular weight excluding hydrogens is 287 g/mol. The third-order valence-electron chi connectivity index (χ3n) is 2.76. The van der Waals surface area contributed by atoms with Crippen LogP contribution in [0.5, 0.6) is 0 Å². The number of hydrogen-bond donors (Lipinski definition) is 1. The van der Waals surface area contributed by atoms with E-state index in [0.717, 1.165) is 0 Å². The van der Waals surface area contributed by atoms with Crippen LogP contribution < -0.4 is 10.2 Å². The molecule has 0 atom stereocenters. The normalized spacial score (nSPS) is 16.1. The molecule has 20 heavy (non-hydrogen) atoms. The van der Waals surface area contributed by atoms with Crippen molar-refractivity contribution in [3.8, 4) is 0 Å². The molecule has 0 saturated carbocycles. The number of benzene rings is 1. The minimum absolute atomic E-state index is 0.314. The topological polar surface area (TPSA) is 49.4 Å². The van der Waals surface area contributed by atoms with Gasteiger partial charge in [0.15, 0.2) is 23.3 Å². The first-order chi connectivity index (χ1) is 9.34. The molecule has 1 N–H and O–H groups in total. The Labute approximate surface area is 109 Å². The Hall–Kier alpha value is -2.19. The van der Waals surface area contributed by atoms with E-state index >= 15 is 0 Å². The summed E-state index contributed by atoms with van der Waals surface area (Å²) in [5.41, 5.74) is -1.34. The summed E-state index contributed by atoms with van der Waals surface area (Å²) in [4.78, 5) is 23.1. The number of carbonyl (C=O) groups is 2. The molecule has 1 fully saturated rings. The van der Waals surface area contributed by atoms with Gasteiger partial charge in [-0.2, -0.15) is 0 Å². The molecule has 1 aromatic rings. The molecule has 0 bridgehead atoms. The molecule has 0 radical (unpaired) electrons. The minimum atomic E-state index is -2.31. The molecule has 0 unspecified atom stereocenters. The van der Waals surface area contributed by atoms with Crippen molar-refractivity contribution < 1.29 is 31.5 Å². The fourth-order valence-corrected chi connectivity index (χ4v) is 1.76. The van der Waals surface area contributed by atoms with Crippen molar-refractivity contribution in [1.29, 1.82) is 0 Å². The van der Waals surface area contributed by atoms with Gasteiger partial charge in [0, 0.05) is 13.0 Å². The molecule has 108 valence electrons. The molecule has 1 aliphatic heterocycles. The van der Waals surface area contributed by atoms with E-state index in [9.17, 15) is 31.5 Å². The standard InChI is InChI=1S/C11H7F5N2O2/c12-6-7(13)9(15)11(10(16)8(6)14)18-2-1-4(19)17-3-5(18)20/h1-3H2,(H,17,19). The van der Waals surface area contributed by atoms with Crippen LogP contribution in [0, 0.1) is 29.1 Å². The fraction of sp³-hybridized carbons (Fsp3) is 0.273. The lowest BCUT2D eigenvalue weighted by molar-refractivity contribution is -0.123. The molecule has 0 aromatic heterocycles. The van der Waals surface area contributed by atoms with Gasteiger partial charge in [-0.1, -0.05) is 0 Å². The molecule has 1 aliphatic rings. The van der Waals surface area contributed by atoms with E-state index in [-0.39, 0.29) is 6.42 Å². The third-order valence-corrected chi connectivity index (χ3v) is 2.76. The average Bonchev–Trinajstić information content (AvgIpc) is 2.58. The second-order valence-corrected chi connectivity index (χ2v) is 3.99. The molecule has 9 heteroatoms. The first-order valence-electron chi connectivity index (χ1n) is 5.43. The number of amides is 2. The van der Waals surface area contributed by atoms with Gasteiger partial charge in [0.1, 0.15) is 5.69 Å². The molecule has 1 aromatic carbocycles. The lowest BCUT2D eigenvalue weighted by Crippen LogP contribution is -2.36. The highest BCUT2D eigenvalue weighted by atomic mass is 19.2. The van der Waals surface area contributed by atoms with Crippen LogP contribution in [0.2, 0.25) is 0 Å². The Balaban J connectivity index is 2.57. The number of nitrogens with zero attached hydrogens (tertiary/aromatic N) is 1. The number of halogens is 5. The summed E-state index contributed by atoms with van der Waals surface area (Å²) in [6.07, 6.45) is -0.314. The van der Waals surface area contributed by atoms with Gasteiger partial charge in [0.2, 0.25) is 17.6 Å². The van der Waals surface area contributed by atoms with Crippen molar-refractivity contribution in [3.05, 3.63) is 29.1 Å². The first-order valence-corrected chi connectivity index (χ1v) is 5.43. The van der Waals surface area contributed by atoms with E-state index in [1.165, 1.54) is 0 Å². The summed E-state index contributed by atoms with van der Waals surface area (Å²) in [6, 6.07) is 0. The molecule has 0 spiro atoms. The third kappa shape index (κ3) is 2.19. The SMILES string of the molecule is O=C1CCN(c2c(F)c(F)c(F)c(F)c2F)C(=O)CN1. The Morgan fingerprint density at radius 3 is 1.90 bits per heavy atom. The van der Waals surface area contributed by atoms with E-state index in [1.807, 2.05) is 0 Å². The Morgan fingerprint density at radius 1 is 0.850 bits per heavy atom. The van der Waals surface area contributed by atoms with Gasteiger partial charge in [-0.15, -0.1) is 0 Å². The van der Waals surface area contributed by atoms with E-state index in [2.05, 4.69) is 5.32 Å². The highest BCUT2D eigenvalue weighted by Crippen LogP contribution is 2.30. The molecular formula is C11H7F5N2O2. The van der Waals surface area contributed by atoms with Crippen LogP contribution in [0.25, 0.3) is 0 Å². The van der Waals surface area contributed by atoms with Gasteiger partial charge in [-0.3, -0.25) is 9.59 Å². The fourth-order valence-electron chi connectivity index (χ4n) is 1.76. The van der Waals surface area contributed by atoms with Gasteiger partial charge in [0.05, 0.1) is 6.54 Å². The average molecular weight is 294 g/mol. The maximum Gasteiger partial charge on any atom is 0.246 e. The Morgan fingerprint density at radius 2 is 1.35 bits per heavy atom. The van der Waals surface area contributed by atoms with Crippen molar-refractivity contribution in [2.24, 2.45) is 0 Å². The number of carbonyl (C=O) groups excluding carboxylic acids is 2. The summed E-state index contributed by atoms with van der Waals surface area (Å²) in [7, 11) is 0. The predicted molar refractivity (Wildman–Crippen MR) is 56.2 cm³/mol. The zero-order valence-electron chi connectivity index (χ0n) is 9.77. The van der Waals surface area contributed by atoms with Crippen molar-refractivity contribution in [2.45, 2.75) is 6.42 Å². The molecule has 2 rings (SSSR count). The monoisotopic (exact) mass is 294 g/mol. The van der Waals surface area contributed by atoms with Crippen molar-refractivity contribution in [2.75, 3.05) is 18.0 Å². The van der Waals surface area contributed by atoms with Crippen LogP contribution in [0.3, 0.4) is 0 Å². The second kappa shape index (κ2) is 5.06. The molecule has 1 heterocycles. The summed E-state index contributed by atoms with van der Waals surface area (Å²) >= 11 is 0. The van der Waals surface area contributed by atoms with Crippen molar-refractivity contribution >= 4 is 17.5 Å². The van der Waals surface area contributed by atoms with Crippen molar-refractivity contribution in [3.63, 3.8) is 0 Å². The quantitative estimate of drug-likeness (QED) is 0.481. The zero-order chi connectivity index (χ0) is 15.0. The molecule has 1 saturated heterocycles. The summed E-state index contributed by atoms with van der Waals surface area (Å²) in [6.45, 7) is -1.07. The van der Waals surface area contributed by atoms with E-state index < -0.39 is 59.7 Å². The maximum absolute atomic E-state index is 13.6. The number of nitrogens with one attached hydrogen (secondary N) is 1. The molecule has 0 aliphatic carbocycles. The minimum Gasteiger partial charge on any atom is -0.347 e. The lowest BCUT2D eigenvalue weighted by atomic mass is 10.2. The smallest absolute Gasteiger partial charge is 0.246 e. The zero-order valence-corrected chi connectivity index (χ0v) is 9.77. The molecule has 4 nitrogen and oxygen atoms in total. The second-order valence-electron chi connectivity index (χ2n) is 3.99. The van der Waals surface area contributed by atoms with Crippen LogP contribution in [0.15, 0.2) is 0 Å². The Kier molecular flexibility index (Phi) is 3.60. The molecule has 2 amide bonds. The summed E-state index contributed by atoms with van der Waals surface area (Å²) in [5, 5.41) is 2.14. The highest BCUT2D eigenvalue weighted by Gasteiger charge is 2.33. The largest absolute Gasteiger partial charge is 0.347 e. The first kappa shape index (κ1) is 14.2. The van der Waals surface area contributed by atoms with Crippen LogP contribution in [0.4, 0.5) is 27.6 Å². The number of rotatable bonds is 1. The number of anilines is 1. The predicted octanol–water partition coefficient (Wildman–Crippen LogP) is 1.24. The van der Waals surface area contributed by atoms with Gasteiger partial charge in [0.25, 0.3) is 0 Å². The van der Waals surface area contributed by atoms with Gasteiger partial charge < -0.3 is 10.2 Å². The van der Waals surface area contributed by atoms with Gasteiger partial charge in [-0.25, -0.2) is 22.0 Å². The van der Waals surface area contributed by atoms with Crippen LogP contribution >= 0.6 is 0 Å². The van der Waals surface area contributed by atoms with Gasteiger partial charge >= 0.3 is 0 Å². The summed E-state index contributed by atoms with van der Waals surface area (Å²) in [5.74, 6) is -12.3. The van der Waals surface area contributed by atoms with Crippen LogP contribution in [0.1, 0.15) is 6.42 Å². The van der Waals surface area contributed by atoms with E-state index in [1.54, 1.807) is 0 Å². The lowest BCUT2D eigenvalue weighted by Gasteiger charge is -2.21.